The van der Waals surface area contributed by atoms with Crippen molar-refractivity contribution in [3.8, 4) is 0 Å². The average molecular weight is 247 g/mol. The smallest absolute Gasteiger partial charge is 0.218 e. The van der Waals surface area contributed by atoms with Gasteiger partial charge in [-0.05, 0) is 32.3 Å². The number of carbonyl (C=O) groups is 1. The molecule has 1 aliphatic rings. The molecule has 1 aliphatic heterocycles. The normalized spacial score (nSPS) is 26.8. The lowest BCUT2D eigenvalue weighted by Crippen LogP contribution is -2.46. The average Bonchev–Trinajstić information content (AvgIpc) is 2.28. The largest absolute Gasteiger partial charge is 0.376 e. The van der Waals surface area contributed by atoms with Gasteiger partial charge in [0.2, 0.25) is 5.91 Å². The Balaban J connectivity index is 2.38. The topological polar surface area (TPSA) is 52.3 Å². The van der Waals surface area contributed by atoms with E-state index in [1.54, 1.807) is 0 Å². The van der Waals surface area contributed by atoms with Crippen LogP contribution in [-0.2, 0) is 14.9 Å². The summed E-state index contributed by atoms with van der Waals surface area (Å²) in [6, 6.07) is 10.2. The van der Waals surface area contributed by atoms with Crippen molar-refractivity contribution in [2.45, 2.75) is 44.1 Å². The fourth-order valence-corrected chi connectivity index (χ4v) is 3.10. The van der Waals surface area contributed by atoms with Gasteiger partial charge in [-0.25, -0.2) is 0 Å². The Hall–Kier alpha value is -1.35. The molecule has 18 heavy (non-hydrogen) atoms. The van der Waals surface area contributed by atoms with E-state index in [9.17, 15) is 4.79 Å². The molecule has 0 bridgehead atoms. The SMILES string of the molecule is CC1(C)CC(CC(N)=O)(c2ccccc2)CCO1. The number of rotatable bonds is 3. The van der Waals surface area contributed by atoms with Crippen LogP contribution in [0.4, 0.5) is 0 Å². The molecule has 3 nitrogen and oxygen atoms in total. The van der Waals surface area contributed by atoms with Crippen molar-refractivity contribution in [1.29, 1.82) is 0 Å². The molecule has 1 aromatic rings. The molecule has 98 valence electrons. The molecule has 1 saturated heterocycles. The summed E-state index contributed by atoms with van der Waals surface area (Å²) in [5, 5.41) is 0. The van der Waals surface area contributed by atoms with Crippen molar-refractivity contribution >= 4 is 5.91 Å². The van der Waals surface area contributed by atoms with E-state index in [0.717, 1.165) is 12.8 Å². The van der Waals surface area contributed by atoms with Crippen LogP contribution >= 0.6 is 0 Å². The first-order valence-corrected chi connectivity index (χ1v) is 6.41. The van der Waals surface area contributed by atoms with E-state index in [4.69, 9.17) is 10.5 Å². The summed E-state index contributed by atoms with van der Waals surface area (Å²) in [4.78, 5) is 11.4. The summed E-state index contributed by atoms with van der Waals surface area (Å²) in [6.07, 6.45) is 2.07. The number of hydrogen-bond donors (Lipinski definition) is 1. The second kappa shape index (κ2) is 4.73. The van der Waals surface area contributed by atoms with Crippen molar-refractivity contribution in [2.75, 3.05) is 6.61 Å². The molecule has 0 saturated carbocycles. The summed E-state index contributed by atoms with van der Waals surface area (Å²) in [5.74, 6) is -0.239. The molecule has 1 aromatic carbocycles. The molecule has 1 atom stereocenters. The minimum Gasteiger partial charge on any atom is -0.376 e. The predicted octanol–water partition coefficient (Wildman–Crippen LogP) is 2.39. The second-order valence-electron chi connectivity index (χ2n) is 5.82. The summed E-state index contributed by atoms with van der Waals surface area (Å²) in [7, 11) is 0. The monoisotopic (exact) mass is 247 g/mol. The van der Waals surface area contributed by atoms with Gasteiger partial charge in [0.05, 0.1) is 5.60 Å². The number of hydrogen-bond acceptors (Lipinski definition) is 2. The maximum Gasteiger partial charge on any atom is 0.218 e. The molecular weight excluding hydrogens is 226 g/mol. The number of primary amides is 1. The number of carbonyl (C=O) groups excluding carboxylic acids is 1. The van der Waals surface area contributed by atoms with Crippen LogP contribution in [0.1, 0.15) is 38.7 Å². The highest BCUT2D eigenvalue weighted by Gasteiger charge is 2.42. The molecule has 0 spiro atoms. The Bertz CT molecular complexity index is 427. The van der Waals surface area contributed by atoms with Crippen LogP contribution < -0.4 is 5.73 Å². The fraction of sp³-hybridized carbons (Fsp3) is 0.533. The van der Waals surface area contributed by atoms with Crippen molar-refractivity contribution in [3.05, 3.63) is 35.9 Å². The van der Waals surface area contributed by atoms with Crippen molar-refractivity contribution in [1.82, 2.24) is 0 Å². The number of nitrogens with two attached hydrogens (primary N) is 1. The van der Waals surface area contributed by atoms with Crippen LogP contribution in [0.3, 0.4) is 0 Å². The molecule has 2 rings (SSSR count). The standard InChI is InChI=1S/C15H21NO2/c1-14(2)11-15(8-9-18-14,10-13(16)17)12-6-4-3-5-7-12/h3-7H,8-11H2,1-2H3,(H2,16,17). The number of ether oxygens (including phenoxy) is 1. The Kier molecular flexibility index (Phi) is 3.44. The van der Waals surface area contributed by atoms with E-state index < -0.39 is 0 Å². The van der Waals surface area contributed by atoms with E-state index in [2.05, 4.69) is 26.0 Å². The first-order valence-electron chi connectivity index (χ1n) is 6.41. The Morgan fingerprint density at radius 2 is 2.00 bits per heavy atom. The van der Waals surface area contributed by atoms with E-state index >= 15 is 0 Å². The van der Waals surface area contributed by atoms with Crippen LogP contribution in [-0.4, -0.2) is 18.1 Å². The molecule has 1 amide bonds. The molecule has 1 unspecified atom stereocenters. The highest BCUT2D eigenvalue weighted by atomic mass is 16.5. The van der Waals surface area contributed by atoms with E-state index in [1.807, 2.05) is 18.2 Å². The lowest BCUT2D eigenvalue weighted by atomic mass is 9.67. The molecule has 0 aliphatic carbocycles. The lowest BCUT2D eigenvalue weighted by molar-refractivity contribution is -0.123. The highest BCUT2D eigenvalue weighted by molar-refractivity contribution is 5.75. The minimum atomic E-state index is -0.239. The third-order valence-electron chi connectivity index (χ3n) is 3.74. The minimum absolute atomic E-state index is 0.172. The van der Waals surface area contributed by atoms with Gasteiger partial charge < -0.3 is 10.5 Å². The van der Waals surface area contributed by atoms with Crippen LogP contribution in [0.5, 0.6) is 0 Å². The van der Waals surface area contributed by atoms with Crippen molar-refractivity contribution in [3.63, 3.8) is 0 Å². The highest BCUT2D eigenvalue weighted by Crippen LogP contribution is 2.43. The first-order chi connectivity index (χ1) is 8.44. The van der Waals surface area contributed by atoms with Crippen molar-refractivity contribution < 1.29 is 9.53 Å². The van der Waals surface area contributed by atoms with Gasteiger partial charge in [0.1, 0.15) is 0 Å². The van der Waals surface area contributed by atoms with Gasteiger partial charge in [0, 0.05) is 18.4 Å². The van der Waals surface area contributed by atoms with Gasteiger partial charge in [-0.15, -0.1) is 0 Å². The lowest BCUT2D eigenvalue weighted by Gasteiger charge is -2.45. The van der Waals surface area contributed by atoms with Crippen LogP contribution in [0.15, 0.2) is 30.3 Å². The second-order valence-corrected chi connectivity index (χ2v) is 5.82. The molecule has 0 aromatic heterocycles. The Morgan fingerprint density at radius 3 is 2.56 bits per heavy atom. The maximum atomic E-state index is 11.4. The first kappa shape index (κ1) is 13.1. The maximum absolute atomic E-state index is 11.4. The Labute approximate surface area is 108 Å². The predicted molar refractivity (Wildman–Crippen MR) is 71.2 cm³/mol. The van der Waals surface area contributed by atoms with Gasteiger partial charge in [0.15, 0.2) is 0 Å². The zero-order valence-corrected chi connectivity index (χ0v) is 11.1. The molecular formula is C15H21NO2. The number of benzene rings is 1. The molecule has 0 radical (unpaired) electrons. The Morgan fingerprint density at radius 1 is 1.33 bits per heavy atom. The molecule has 3 heteroatoms. The van der Waals surface area contributed by atoms with Gasteiger partial charge in [0.25, 0.3) is 0 Å². The zero-order valence-electron chi connectivity index (χ0n) is 11.1. The van der Waals surface area contributed by atoms with Crippen molar-refractivity contribution in [2.24, 2.45) is 5.73 Å². The quantitative estimate of drug-likeness (QED) is 0.891. The van der Waals surface area contributed by atoms with Crippen LogP contribution in [0.25, 0.3) is 0 Å². The zero-order chi connectivity index (χ0) is 13.2. The third-order valence-corrected chi connectivity index (χ3v) is 3.74. The van der Waals surface area contributed by atoms with Crippen LogP contribution in [0.2, 0.25) is 0 Å². The van der Waals surface area contributed by atoms with Gasteiger partial charge in [-0.2, -0.15) is 0 Å². The fourth-order valence-electron chi connectivity index (χ4n) is 3.10. The van der Waals surface area contributed by atoms with Gasteiger partial charge >= 0.3 is 0 Å². The van der Waals surface area contributed by atoms with Gasteiger partial charge in [-0.1, -0.05) is 30.3 Å². The van der Waals surface area contributed by atoms with E-state index in [-0.39, 0.29) is 16.9 Å². The summed E-state index contributed by atoms with van der Waals surface area (Å²) >= 11 is 0. The van der Waals surface area contributed by atoms with Gasteiger partial charge in [-0.3, -0.25) is 4.79 Å². The molecule has 2 N–H and O–H groups in total. The molecule has 1 heterocycles. The molecule has 1 fully saturated rings. The van der Waals surface area contributed by atoms with E-state index in [0.29, 0.717) is 13.0 Å². The summed E-state index contributed by atoms with van der Waals surface area (Å²) < 4.78 is 5.77. The third kappa shape index (κ3) is 2.72. The van der Waals surface area contributed by atoms with E-state index in [1.165, 1.54) is 5.56 Å². The number of amides is 1. The summed E-state index contributed by atoms with van der Waals surface area (Å²) in [5.41, 5.74) is 6.27. The van der Waals surface area contributed by atoms with Crippen LogP contribution in [0, 0.1) is 0 Å². The summed E-state index contributed by atoms with van der Waals surface area (Å²) in [6.45, 7) is 4.82.